The lowest BCUT2D eigenvalue weighted by Crippen LogP contribution is -2.25. The van der Waals surface area contributed by atoms with Gasteiger partial charge < -0.3 is 5.11 Å². The molecule has 1 atom stereocenters. The Hall–Kier alpha value is -0.560. The van der Waals surface area contributed by atoms with Crippen molar-refractivity contribution in [2.75, 3.05) is 0 Å². The van der Waals surface area contributed by atoms with Gasteiger partial charge in [-0.1, -0.05) is 44.6 Å². The van der Waals surface area contributed by atoms with Crippen molar-refractivity contribution in [3.63, 3.8) is 0 Å². The average molecular weight is 180 g/mol. The maximum Gasteiger partial charge on any atom is 0.0862 e. The van der Waals surface area contributed by atoms with Crippen LogP contribution in [0.1, 0.15) is 40.0 Å². The minimum absolute atomic E-state index is 0.569. The van der Waals surface area contributed by atoms with Crippen molar-refractivity contribution >= 4 is 0 Å². The van der Waals surface area contributed by atoms with Crippen LogP contribution in [0.2, 0.25) is 0 Å². The number of hydrogen-bond acceptors (Lipinski definition) is 1. The van der Waals surface area contributed by atoms with Gasteiger partial charge in [0.15, 0.2) is 0 Å². The van der Waals surface area contributed by atoms with E-state index in [9.17, 15) is 5.11 Å². The molecular formula is C12H20O. The second kappa shape index (κ2) is 4.10. The van der Waals surface area contributed by atoms with Gasteiger partial charge in [-0.15, -0.1) is 0 Å². The van der Waals surface area contributed by atoms with E-state index in [1.165, 1.54) is 5.57 Å². The fourth-order valence-electron chi connectivity index (χ4n) is 1.59. The summed E-state index contributed by atoms with van der Waals surface area (Å²) in [4.78, 5) is 0. The van der Waals surface area contributed by atoms with Crippen LogP contribution in [0.15, 0.2) is 23.8 Å². The molecule has 0 amide bonds. The molecule has 0 aromatic carbocycles. The summed E-state index contributed by atoms with van der Waals surface area (Å²) in [5, 5.41) is 9.90. The van der Waals surface area contributed by atoms with Crippen LogP contribution in [0.25, 0.3) is 0 Å². The van der Waals surface area contributed by atoms with Gasteiger partial charge in [0, 0.05) is 0 Å². The van der Waals surface area contributed by atoms with Crippen LogP contribution in [-0.2, 0) is 0 Å². The van der Waals surface area contributed by atoms with E-state index in [1.807, 2.05) is 13.0 Å². The third-order valence-corrected chi connectivity index (χ3v) is 2.58. The normalized spacial score (nSPS) is 27.9. The lowest BCUT2D eigenvalue weighted by atomic mass is 9.87. The van der Waals surface area contributed by atoms with Gasteiger partial charge in [-0.3, -0.25) is 0 Å². The number of allylic oxidation sites excluding steroid dienone is 2. The Kier molecular flexibility index (Phi) is 3.32. The molecule has 13 heavy (non-hydrogen) atoms. The van der Waals surface area contributed by atoms with E-state index in [0.717, 1.165) is 19.3 Å². The number of rotatable bonds is 3. The molecule has 0 spiro atoms. The van der Waals surface area contributed by atoms with Gasteiger partial charge in [0.05, 0.1) is 5.60 Å². The molecule has 0 fully saturated rings. The highest BCUT2D eigenvalue weighted by atomic mass is 16.3. The first-order chi connectivity index (χ1) is 6.06. The van der Waals surface area contributed by atoms with Crippen LogP contribution in [0.4, 0.5) is 0 Å². The topological polar surface area (TPSA) is 20.2 Å². The van der Waals surface area contributed by atoms with Crippen molar-refractivity contribution in [3.05, 3.63) is 23.8 Å². The van der Waals surface area contributed by atoms with Crippen LogP contribution < -0.4 is 0 Å². The summed E-state index contributed by atoms with van der Waals surface area (Å²) in [6.45, 7) is 6.45. The highest BCUT2D eigenvalue weighted by molar-refractivity contribution is 5.27. The van der Waals surface area contributed by atoms with Gasteiger partial charge in [-0.2, -0.15) is 0 Å². The maximum absolute atomic E-state index is 9.90. The van der Waals surface area contributed by atoms with Gasteiger partial charge >= 0.3 is 0 Å². The molecule has 1 heteroatoms. The molecule has 0 aromatic rings. The van der Waals surface area contributed by atoms with Crippen molar-refractivity contribution in [2.24, 2.45) is 5.92 Å². The highest BCUT2D eigenvalue weighted by Gasteiger charge is 2.22. The summed E-state index contributed by atoms with van der Waals surface area (Å²) in [5.41, 5.74) is 0.800. The molecule has 0 saturated carbocycles. The molecule has 1 unspecified atom stereocenters. The van der Waals surface area contributed by atoms with E-state index >= 15 is 0 Å². The zero-order valence-corrected chi connectivity index (χ0v) is 8.88. The molecule has 0 radical (unpaired) electrons. The van der Waals surface area contributed by atoms with Gasteiger partial charge in [-0.25, -0.2) is 0 Å². The Morgan fingerprint density at radius 1 is 1.54 bits per heavy atom. The molecule has 1 aliphatic rings. The third-order valence-electron chi connectivity index (χ3n) is 2.58. The van der Waals surface area contributed by atoms with Crippen molar-refractivity contribution in [1.82, 2.24) is 0 Å². The fraction of sp³-hybridized carbons (Fsp3) is 0.667. The third kappa shape index (κ3) is 3.00. The second-order valence-corrected chi connectivity index (χ2v) is 4.37. The predicted molar refractivity (Wildman–Crippen MR) is 56.5 cm³/mol. The Balaban J connectivity index is 2.55. The highest BCUT2D eigenvalue weighted by Crippen LogP contribution is 2.26. The Morgan fingerprint density at radius 2 is 2.23 bits per heavy atom. The molecule has 1 rings (SSSR count). The van der Waals surface area contributed by atoms with E-state index < -0.39 is 5.60 Å². The zero-order valence-electron chi connectivity index (χ0n) is 8.88. The minimum Gasteiger partial charge on any atom is -0.385 e. The largest absolute Gasteiger partial charge is 0.385 e. The molecule has 1 N–H and O–H groups in total. The van der Waals surface area contributed by atoms with Crippen LogP contribution in [0.5, 0.6) is 0 Å². The molecule has 0 bridgehead atoms. The lowest BCUT2D eigenvalue weighted by molar-refractivity contribution is 0.0883. The summed E-state index contributed by atoms with van der Waals surface area (Å²) in [7, 11) is 0. The monoisotopic (exact) mass is 180 g/mol. The SMILES string of the molecule is CCC1(O)C=CC(CC(C)C)=CC1. The predicted octanol–water partition coefficient (Wildman–Crippen LogP) is 3.06. The minimum atomic E-state index is -0.569. The van der Waals surface area contributed by atoms with Gasteiger partial charge in [0.25, 0.3) is 0 Å². The average Bonchev–Trinajstić information content (AvgIpc) is 2.09. The summed E-state index contributed by atoms with van der Waals surface area (Å²) < 4.78 is 0. The Bertz CT molecular complexity index is 225. The molecular weight excluding hydrogens is 160 g/mol. The van der Waals surface area contributed by atoms with Gasteiger partial charge in [-0.05, 0) is 25.2 Å². The first-order valence-electron chi connectivity index (χ1n) is 5.16. The van der Waals surface area contributed by atoms with Crippen LogP contribution in [0, 0.1) is 5.92 Å². The Morgan fingerprint density at radius 3 is 2.62 bits per heavy atom. The van der Waals surface area contributed by atoms with E-state index in [4.69, 9.17) is 0 Å². The first-order valence-corrected chi connectivity index (χ1v) is 5.16. The van der Waals surface area contributed by atoms with Gasteiger partial charge in [0.1, 0.15) is 0 Å². The molecule has 74 valence electrons. The van der Waals surface area contributed by atoms with Crippen LogP contribution in [0.3, 0.4) is 0 Å². The fourth-order valence-corrected chi connectivity index (χ4v) is 1.59. The summed E-state index contributed by atoms with van der Waals surface area (Å²) in [6.07, 6.45) is 8.90. The maximum atomic E-state index is 9.90. The van der Waals surface area contributed by atoms with E-state index in [-0.39, 0.29) is 0 Å². The lowest BCUT2D eigenvalue weighted by Gasteiger charge is -2.25. The Labute approximate surface area is 81.2 Å². The van der Waals surface area contributed by atoms with Crippen molar-refractivity contribution < 1.29 is 5.11 Å². The summed E-state index contributed by atoms with van der Waals surface area (Å²) in [6, 6.07) is 0. The van der Waals surface area contributed by atoms with E-state index in [2.05, 4.69) is 26.0 Å². The van der Waals surface area contributed by atoms with Crippen molar-refractivity contribution in [2.45, 2.75) is 45.6 Å². The zero-order chi connectivity index (χ0) is 9.90. The number of aliphatic hydroxyl groups is 1. The van der Waals surface area contributed by atoms with Crippen molar-refractivity contribution in [3.8, 4) is 0 Å². The van der Waals surface area contributed by atoms with Crippen molar-refractivity contribution in [1.29, 1.82) is 0 Å². The molecule has 1 nitrogen and oxygen atoms in total. The smallest absolute Gasteiger partial charge is 0.0862 e. The molecule has 0 aromatic heterocycles. The quantitative estimate of drug-likeness (QED) is 0.707. The summed E-state index contributed by atoms with van der Waals surface area (Å²) in [5.74, 6) is 0.698. The molecule has 1 aliphatic carbocycles. The van der Waals surface area contributed by atoms with Gasteiger partial charge in [0.2, 0.25) is 0 Å². The standard InChI is InChI=1S/C12H20O/c1-4-12(13)7-5-11(6-8-12)9-10(2)3/h5-7,10,13H,4,8-9H2,1-3H3. The van der Waals surface area contributed by atoms with E-state index in [0.29, 0.717) is 5.92 Å². The first kappa shape index (κ1) is 10.5. The van der Waals surface area contributed by atoms with E-state index in [1.54, 1.807) is 0 Å². The number of hydrogen-bond donors (Lipinski definition) is 1. The molecule has 0 aliphatic heterocycles. The van der Waals surface area contributed by atoms with Crippen LogP contribution >= 0.6 is 0 Å². The molecule has 0 heterocycles. The summed E-state index contributed by atoms with van der Waals surface area (Å²) >= 11 is 0. The molecule has 0 saturated heterocycles. The van der Waals surface area contributed by atoms with Crippen LogP contribution in [-0.4, -0.2) is 10.7 Å². The second-order valence-electron chi connectivity index (χ2n) is 4.37.